The first-order valence-electron chi connectivity index (χ1n) is 6.32. The summed E-state index contributed by atoms with van der Waals surface area (Å²) >= 11 is 1.56. The first-order valence-corrected chi connectivity index (χ1v) is 7.20. The third-order valence-corrected chi connectivity index (χ3v) is 3.82. The highest BCUT2D eigenvalue weighted by Gasteiger charge is 2.08. The largest absolute Gasteiger partial charge is 0.365 e. The van der Waals surface area contributed by atoms with E-state index < -0.39 is 4.92 Å². The van der Waals surface area contributed by atoms with E-state index in [0.717, 1.165) is 21.6 Å². The molecule has 3 rings (SSSR count). The van der Waals surface area contributed by atoms with Crippen molar-refractivity contribution < 1.29 is 4.92 Å². The molecule has 21 heavy (non-hydrogen) atoms. The fourth-order valence-corrected chi connectivity index (χ4v) is 2.87. The number of rotatable bonds is 4. The van der Waals surface area contributed by atoms with Gasteiger partial charge in [0, 0.05) is 18.7 Å². The van der Waals surface area contributed by atoms with E-state index in [-0.39, 0.29) is 5.69 Å². The second-order valence-electron chi connectivity index (χ2n) is 4.54. The molecule has 6 nitrogen and oxygen atoms in total. The summed E-state index contributed by atoms with van der Waals surface area (Å²) in [5.74, 6) is 1.46. The molecule has 3 aromatic rings. The maximum atomic E-state index is 10.8. The average molecular weight is 300 g/mol. The molecule has 0 amide bonds. The van der Waals surface area contributed by atoms with Gasteiger partial charge in [-0.15, -0.1) is 11.3 Å². The molecular weight excluding hydrogens is 288 g/mol. The summed E-state index contributed by atoms with van der Waals surface area (Å²) in [7, 11) is 0. The topological polar surface area (TPSA) is 81.0 Å². The lowest BCUT2D eigenvalue weighted by atomic mass is 10.2. The van der Waals surface area contributed by atoms with E-state index in [1.165, 1.54) is 6.07 Å². The van der Waals surface area contributed by atoms with Crippen LogP contribution in [0, 0.1) is 17.0 Å². The van der Waals surface area contributed by atoms with Crippen LogP contribution in [-0.2, 0) is 6.54 Å². The highest BCUT2D eigenvalue weighted by atomic mass is 32.1. The Morgan fingerprint density at radius 2 is 2.19 bits per heavy atom. The van der Waals surface area contributed by atoms with Crippen molar-refractivity contribution in [3.63, 3.8) is 0 Å². The maximum absolute atomic E-state index is 10.8. The van der Waals surface area contributed by atoms with Crippen LogP contribution in [0.3, 0.4) is 0 Å². The average Bonchev–Trinajstić information content (AvgIpc) is 2.93. The Hall–Kier alpha value is -2.54. The van der Waals surface area contributed by atoms with E-state index in [1.807, 2.05) is 24.4 Å². The van der Waals surface area contributed by atoms with Crippen molar-refractivity contribution in [2.45, 2.75) is 13.5 Å². The van der Waals surface area contributed by atoms with Gasteiger partial charge in [-0.2, -0.15) is 0 Å². The lowest BCUT2D eigenvalue weighted by Crippen LogP contribution is -2.03. The molecule has 2 aromatic heterocycles. The number of fused-ring (bicyclic) bond motifs is 1. The molecule has 106 valence electrons. The fourth-order valence-electron chi connectivity index (χ4n) is 2.06. The van der Waals surface area contributed by atoms with Crippen molar-refractivity contribution in [1.82, 2.24) is 9.97 Å². The van der Waals surface area contributed by atoms with Crippen LogP contribution in [0.4, 0.5) is 11.5 Å². The number of hydrogen-bond donors (Lipinski definition) is 1. The normalized spacial score (nSPS) is 10.7. The van der Waals surface area contributed by atoms with Gasteiger partial charge in [-0.1, -0.05) is 12.1 Å². The molecule has 0 spiro atoms. The zero-order valence-corrected chi connectivity index (χ0v) is 12.1. The first kappa shape index (κ1) is 13.4. The van der Waals surface area contributed by atoms with Gasteiger partial charge in [0.1, 0.15) is 16.5 Å². The molecule has 0 atom stereocenters. The van der Waals surface area contributed by atoms with Crippen molar-refractivity contribution >= 4 is 33.1 Å². The van der Waals surface area contributed by atoms with Gasteiger partial charge in [0.05, 0.1) is 10.3 Å². The molecule has 0 saturated heterocycles. The van der Waals surface area contributed by atoms with Crippen molar-refractivity contribution in [2.24, 2.45) is 0 Å². The number of nitro benzene ring substituents is 1. The van der Waals surface area contributed by atoms with Gasteiger partial charge in [-0.05, 0) is 23.9 Å². The number of nitrogens with one attached hydrogen (secondary N) is 1. The molecule has 0 fully saturated rings. The summed E-state index contributed by atoms with van der Waals surface area (Å²) in [5, 5.41) is 16.9. The lowest BCUT2D eigenvalue weighted by Gasteiger charge is -2.07. The van der Waals surface area contributed by atoms with Crippen LogP contribution in [0.15, 0.2) is 35.7 Å². The number of hydrogen-bond acceptors (Lipinski definition) is 6. The Labute approximate surface area is 124 Å². The van der Waals surface area contributed by atoms with Crippen molar-refractivity contribution in [1.29, 1.82) is 0 Å². The molecule has 0 radical (unpaired) electrons. The zero-order chi connectivity index (χ0) is 14.8. The number of non-ortho nitro benzene ring substituents is 1. The van der Waals surface area contributed by atoms with E-state index in [9.17, 15) is 10.1 Å². The SMILES string of the molecule is Cc1nc(NCc2cccc([N+](=O)[O-])c2)c2ccsc2n1. The minimum Gasteiger partial charge on any atom is -0.365 e. The van der Waals surface area contributed by atoms with E-state index in [2.05, 4.69) is 15.3 Å². The van der Waals surface area contributed by atoms with Crippen molar-refractivity contribution in [2.75, 3.05) is 5.32 Å². The second-order valence-corrected chi connectivity index (χ2v) is 5.43. The van der Waals surface area contributed by atoms with Crippen LogP contribution >= 0.6 is 11.3 Å². The van der Waals surface area contributed by atoms with Gasteiger partial charge in [0.15, 0.2) is 0 Å². The van der Waals surface area contributed by atoms with Gasteiger partial charge < -0.3 is 5.32 Å². The minimum atomic E-state index is -0.393. The van der Waals surface area contributed by atoms with Crippen LogP contribution in [0.5, 0.6) is 0 Å². The number of anilines is 1. The third kappa shape index (κ3) is 2.82. The molecule has 1 aromatic carbocycles. The summed E-state index contributed by atoms with van der Waals surface area (Å²) < 4.78 is 0. The quantitative estimate of drug-likeness (QED) is 0.589. The van der Waals surface area contributed by atoms with Gasteiger partial charge in [0.25, 0.3) is 5.69 Å². The summed E-state index contributed by atoms with van der Waals surface area (Å²) in [4.78, 5) is 20.1. The molecule has 0 aliphatic rings. The number of aryl methyl sites for hydroxylation is 1. The summed E-state index contributed by atoms with van der Waals surface area (Å²) in [5.41, 5.74) is 0.928. The summed E-state index contributed by atoms with van der Waals surface area (Å²) in [6.45, 7) is 2.32. The molecule has 0 saturated carbocycles. The van der Waals surface area contributed by atoms with E-state index in [1.54, 1.807) is 23.5 Å². The highest BCUT2D eigenvalue weighted by molar-refractivity contribution is 7.16. The molecule has 2 heterocycles. The lowest BCUT2D eigenvalue weighted by molar-refractivity contribution is -0.384. The van der Waals surface area contributed by atoms with Crippen LogP contribution in [0.25, 0.3) is 10.2 Å². The van der Waals surface area contributed by atoms with Crippen LogP contribution in [0.1, 0.15) is 11.4 Å². The number of nitro groups is 1. The minimum absolute atomic E-state index is 0.0915. The molecule has 7 heteroatoms. The Morgan fingerprint density at radius 1 is 1.33 bits per heavy atom. The number of aromatic nitrogens is 2. The summed E-state index contributed by atoms with van der Waals surface area (Å²) in [6.07, 6.45) is 0. The van der Waals surface area contributed by atoms with Gasteiger partial charge >= 0.3 is 0 Å². The van der Waals surface area contributed by atoms with Crippen LogP contribution < -0.4 is 5.32 Å². The van der Waals surface area contributed by atoms with E-state index >= 15 is 0 Å². The van der Waals surface area contributed by atoms with Gasteiger partial charge in [0.2, 0.25) is 0 Å². The molecule has 1 N–H and O–H groups in total. The zero-order valence-electron chi connectivity index (χ0n) is 11.2. The first-order chi connectivity index (χ1) is 10.1. The molecule has 0 unspecified atom stereocenters. The Balaban J connectivity index is 1.85. The van der Waals surface area contributed by atoms with Crippen molar-refractivity contribution in [3.8, 4) is 0 Å². The Kier molecular flexibility index (Phi) is 3.49. The number of nitrogens with zero attached hydrogens (tertiary/aromatic N) is 3. The monoisotopic (exact) mass is 300 g/mol. The van der Waals surface area contributed by atoms with Crippen LogP contribution in [-0.4, -0.2) is 14.9 Å². The molecule has 0 aliphatic carbocycles. The fraction of sp³-hybridized carbons (Fsp3) is 0.143. The molecular formula is C14H12N4O2S. The molecule has 0 aliphatic heterocycles. The number of benzene rings is 1. The van der Waals surface area contributed by atoms with Gasteiger partial charge in [-0.3, -0.25) is 10.1 Å². The summed E-state index contributed by atoms with van der Waals surface area (Å²) in [6, 6.07) is 8.54. The third-order valence-electron chi connectivity index (χ3n) is 3.02. The van der Waals surface area contributed by atoms with E-state index in [0.29, 0.717) is 12.4 Å². The highest BCUT2D eigenvalue weighted by Crippen LogP contribution is 2.25. The second kappa shape index (κ2) is 5.45. The Morgan fingerprint density at radius 3 is 3.00 bits per heavy atom. The van der Waals surface area contributed by atoms with E-state index in [4.69, 9.17) is 0 Å². The molecule has 0 bridgehead atoms. The predicted molar refractivity (Wildman–Crippen MR) is 82.6 cm³/mol. The standard InChI is InChI=1S/C14H12N4O2S/c1-9-16-13(12-5-6-21-14(12)17-9)15-8-10-3-2-4-11(7-10)18(19)20/h2-7H,8H2,1H3,(H,15,16,17). The van der Waals surface area contributed by atoms with Gasteiger partial charge in [-0.25, -0.2) is 9.97 Å². The van der Waals surface area contributed by atoms with Crippen molar-refractivity contribution in [3.05, 3.63) is 57.2 Å². The maximum Gasteiger partial charge on any atom is 0.269 e. The predicted octanol–water partition coefficient (Wildman–Crippen LogP) is 3.52. The Bertz CT molecular complexity index is 816. The number of thiophene rings is 1. The van der Waals surface area contributed by atoms with Crippen LogP contribution in [0.2, 0.25) is 0 Å². The smallest absolute Gasteiger partial charge is 0.269 e.